The van der Waals surface area contributed by atoms with E-state index >= 15 is 0 Å². The molecule has 10 heteroatoms. The van der Waals surface area contributed by atoms with Crippen LogP contribution in [-0.4, -0.2) is 36.0 Å². The molecule has 152 valence electrons. The molecular formula is C19H19N3O7. The molecule has 29 heavy (non-hydrogen) atoms. The minimum absolute atomic E-state index is 0.0380. The van der Waals surface area contributed by atoms with Crippen molar-refractivity contribution in [2.45, 2.75) is 19.6 Å². The molecule has 2 rings (SSSR count). The lowest BCUT2D eigenvalue weighted by molar-refractivity contribution is -0.386. The molecule has 0 unspecified atom stereocenters. The van der Waals surface area contributed by atoms with Crippen LogP contribution in [0.4, 0.5) is 10.5 Å². The summed E-state index contributed by atoms with van der Waals surface area (Å²) in [6.45, 7) is 1.55. The van der Waals surface area contributed by atoms with E-state index in [0.29, 0.717) is 0 Å². The largest absolute Gasteiger partial charge is 0.474 e. The maximum atomic E-state index is 12.1. The second-order valence-electron chi connectivity index (χ2n) is 5.85. The summed E-state index contributed by atoms with van der Waals surface area (Å²) in [5.74, 6) is -1.77. The quantitative estimate of drug-likeness (QED) is 0.412. The van der Waals surface area contributed by atoms with Gasteiger partial charge in [0.15, 0.2) is 11.9 Å². The number of urea groups is 1. The molecule has 0 aliphatic rings. The average molecular weight is 401 g/mol. The molecule has 1 atom stereocenters. The number of rotatable bonds is 7. The van der Waals surface area contributed by atoms with Gasteiger partial charge in [-0.15, -0.1) is 0 Å². The summed E-state index contributed by atoms with van der Waals surface area (Å²) in [4.78, 5) is 46.0. The van der Waals surface area contributed by atoms with Crippen molar-refractivity contribution in [1.29, 1.82) is 0 Å². The summed E-state index contributed by atoms with van der Waals surface area (Å²) in [6, 6.07) is 11.8. The zero-order valence-electron chi connectivity index (χ0n) is 15.7. The van der Waals surface area contributed by atoms with Crippen LogP contribution in [0.5, 0.6) is 5.75 Å². The minimum Gasteiger partial charge on any atom is -0.474 e. The molecule has 0 aliphatic heterocycles. The molecule has 0 spiro atoms. The maximum Gasteiger partial charge on any atom is 0.338 e. The number of imide groups is 1. The van der Waals surface area contributed by atoms with Crippen molar-refractivity contribution in [3.63, 3.8) is 0 Å². The van der Waals surface area contributed by atoms with Crippen molar-refractivity contribution in [1.82, 2.24) is 10.6 Å². The molecule has 0 heterocycles. The predicted octanol–water partition coefficient (Wildman–Crippen LogP) is 2.17. The van der Waals surface area contributed by atoms with Gasteiger partial charge in [0, 0.05) is 12.6 Å². The highest BCUT2D eigenvalue weighted by atomic mass is 16.6. The van der Waals surface area contributed by atoms with Gasteiger partial charge in [-0.05, 0) is 24.6 Å². The molecule has 0 radical (unpaired) electrons. The summed E-state index contributed by atoms with van der Waals surface area (Å²) in [6.07, 6.45) is -1.21. The molecule has 0 bridgehead atoms. The molecular weight excluding hydrogens is 382 g/mol. The normalized spacial score (nSPS) is 11.1. The predicted molar refractivity (Wildman–Crippen MR) is 101 cm³/mol. The first-order valence-corrected chi connectivity index (χ1v) is 8.48. The van der Waals surface area contributed by atoms with E-state index in [0.717, 1.165) is 18.7 Å². The van der Waals surface area contributed by atoms with Crippen LogP contribution in [0.3, 0.4) is 0 Å². The summed E-state index contributed by atoms with van der Waals surface area (Å²) in [7, 11) is 1.15. The Labute approximate surface area is 166 Å². The first-order valence-electron chi connectivity index (χ1n) is 8.48. The lowest BCUT2D eigenvalue weighted by Gasteiger charge is -2.15. The maximum absolute atomic E-state index is 12.1. The number of carbonyl (C=O) groups excluding carboxylic acids is 3. The van der Waals surface area contributed by atoms with Gasteiger partial charge in [0.05, 0.1) is 17.6 Å². The van der Waals surface area contributed by atoms with E-state index in [9.17, 15) is 24.5 Å². The Hall–Kier alpha value is -3.95. The van der Waals surface area contributed by atoms with Crippen LogP contribution in [-0.2, 0) is 16.1 Å². The van der Waals surface area contributed by atoms with Crippen LogP contribution in [0, 0.1) is 10.1 Å². The summed E-state index contributed by atoms with van der Waals surface area (Å²) >= 11 is 0. The molecule has 3 amide bonds. The summed E-state index contributed by atoms with van der Waals surface area (Å²) < 4.78 is 9.83. The van der Waals surface area contributed by atoms with Crippen molar-refractivity contribution in [2.24, 2.45) is 0 Å². The van der Waals surface area contributed by atoms with Gasteiger partial charge >= 0.3 is 17.7 Å². The lowest BCUT2D eigenvalue weighted by atomic mass is 10.2. The first kappa shape index (κ1) is 21.4. The Morgan fingerprint density at radius 2 is 1.83 bits per heavy atom. The van der Waals surface area contributed by atoms with Gasteiger partial charge in [-0.2, -0.15) is 0 Å². The number of hydrogen-bond donors (Lipinski definition) is 2. The molecule has 2 N–H and O–H groups in total. The van der Waals surface area contributed by atoms with Gasteiger partial charge in [0.1, 0.15) is 0 Å². The van der Waals surface area contributed by atoms with E-state index in [-0.39, 0.29) is 17.9 Å². The Morgan fingerprint density at radius 1 is 1.14 bits per heavy atom. The topological polar surface area (TPSA) is 137 Å². The number of benzene rings is 2. The highest BCUT2D eigenvalue weighted by Crippen LogP contribution is 2.29. The molecule has 0 aromatic heterocycles. The zero-order valence-corrected chi connectivity index (χ0v) is 15.7. The molecule has 2 aromatic carbocycles. The van der Waals surface area contributed by atoms with Crippen LogP contribution in [0.15, 0.2) is 48.5 Å². The zero-order chi connectivity index (χ0) is 21.4. The standard InChI is InChI=1S/C19H19N3O7/c1-12(17(23)21-19(25)20-11-13-6-4-3-5-7-13)29-16-9-8-14(18(24)28-2)10-15(16)22(26)27/h3-10,12H,11H2,1-2H3,(H2,20,21,23,25)/t12-/m1/s1. The third kappa shape index (κ3) is 6.03. The van der Waals surface area contributed by atoms with Gasteiger partial charge in [-0.1, -0.05) is 30.3 Å². The monoisotopic (exact) mass is 401 g/mol. The van der Waals surface area contributed by atoms with Crippen LogP contribution in [0.1, 0.15) is 22.8 Å². The number of nitro benzene ring substituents is 1. The van der Waals surface area contributed by atoms with Crippen molar-refractivity contribution < 1.29 is 28.8 Å². The fourth-order valence-corrected chi connectivity index (χ4v) is 2.28. The molecule has 0 aliphatic carbocycles. The second kappa shape index (κ2) is 9.83. The smallest absolute Gasteiger partial charge is 0.338 e. The molecule has 2 aromatic rings. The van der Waals surface area contributed by atoms with E-state index in [1.54, 1.807) is 0 Å². The average Bonchev–Trinajstić information content (AvgIpc) is 2.72. The van der Waals surface area contributed by atoms with E-state index in [2.05, 4.69) is 15.4 Å². The number of hydrogen-bond acceptors (Lipinski definition) is 7. The van der Waals surface area contributed by atoms with Crippen LogP contribution in [0.2, 0.25) is 0 Å². The van der Waals surface area contributed by atoms with E-state index < -0.39 is 34.6 Å². The van der Waals surface area contributed by atoms with Gasteiger partial charge in [-0.25, -0.2) is 9.59 Å². The van der Waals surface area contributed by atoms with Crippen LogP contribution >= 0.6 is 0 Å². The molecule has 0 saturated heterocycles. The number of amides is 3. The van der Waals surface area contributed by atoms with Gasteiger partial charge < -0.3 is 14.8 Å². The van der Waals surface area contributed by atoms with E-state index in [4.69, 9.17) is 4.74 Å². The Morgan fingerprint density at radius 3 is 2.45 bits per heavy atom. The summed E-state index contributed by atoms with van der Waals surface area (Å²) in [5, 5.41) is 15.9. The van der Waals surface area contributed by atoms with Crippen molar-refractivity contribution >= 4 is 23.6 Å². The Kier molecular flexibility index (Phi) is 7.24. The number of nitrogens with one attached hydrogen (secondary N) is 2. The number of carbonyl (C=O) groups is 3. The second-order valence-corrected chi connectivity index (χ2v) is 5.85. The highest BCUT2D eigenvalue weighted by Gasteiger charge is 2.24. The summed E-state index contributed by atoms with van der Waals surface area (Å²) in [5.41, 5.74) is 0.297. The molecule has 10 nitrogen and oxygen atoms in total. The van der Waals surface area contributed by atoms with Gasteiger partial charge in [0.25, 0.3) is 5.91 Å². The van der Waals surface area contributed by atoms with Crippen LogP contribution in [0.25, 0.3) is 0 Å². The molecule has 0 saturated carbocycles. The number of nitrogens with zero attached hydrogens (tertiary/aromatic N) is 1. The minimum atomic E-state index is -1.21. The first-order chi connectivity index (χ1) is 13.8. The van der Waals surface area contributed by atoms with E-state index in [1.807, 2.05) is 30.3 Å². The fourth-order valence-electron chi connectivity index (χ4n) is 2.28. The van der Waals surface area contributed by atoms with Gasteiger partial charge in [0.2, 0.25) is 0 Å². The fraction of sp³-hybridized carbons (Fsp3) is 0.211. The van der Waals surface area contributed by atoms with E-state index in [1.165, 1.54) is 19.1 Å². The van der Waals surface area contributed by atoms with Crippen LogP contribution < -0.4 is 15.4 Å². The SMILES string of the molecule is COC(=O)c1ccc(O[C@H](C)C(=O)NC(=O)NCc2ccccc2)c([N+](=O)[O-])c1. The Bertz CT molecular complexity index is 915. The number of ether oxygens (including phenoxy) is 2. The van der Waals surface area contributed by atoms with Crippen molar-refractivity contribution in [3.05, 3.63) is 69.8 Å². The number of methoxy groups -OCH3 is 1. The number of nitro groups is 1. The van der Waals surface area contributed by atoms with Gasteiger partial charge in [-0.3, -0.25) is 20.2 Å². The highest BCUT2D eigenvalue weighted by molar-refractivity contribution is 5.96. The van der Waals surface area contributed by atoms with Crippen molar-refractivity contribution in [2.75, 3.05) is 7.11 Å². The number of esters is 1. The third-order valence-corrected chi connectivity index (χ3v) is 3.78. The molecule has 0 fully saturated rings. The third-order valence-electron chi connectivity index (χ3n) is 3.78. The van der Waals surface area contributed by atoms with Crippen molar-refractivity contribution in [3.8, 4) is 5.75 Å². The lowest BCUT2D eigenvalue weighted by Crippen LogP contribution is -2.44. The Balaban J connectivity index is 1.98.